The Morgan fingerprint density at radius 1 is 1.26 bits per heavy atom. The molecule has 0 radical (unpaired) electrons. The molecule has 6 heteroatoms. The SMILES string of the molecule is COc1cccc(CC(=O)N[C@H](CC(C)C)c2nc3cccnc3n2C)c1. The van der Waals surface area contributed by atoms with E-state index in [-0.39, 0.29) is 11.9 Å². The van der Waals surface area contributed by atoms with E-state index in [2.05, 4.69) is 24.1 Å². The van der Waals surface area contributed by atoms with Crippen molar-refractivity contribution >= 4 is 17.1 Å². The van der Waals surface area contributed by atoms with Crippen molar-refractivity contribution in [3.63, 3.8) is 0 Å². The lowest BCUT2D eigenvalue weighted by molar-refractivity contribution is -0.121. The number of benzene rings is 1. The highest BCUT2D eigenvalue weighted by atomic mass is 16.5. The van der Waals surface area contributed by atoms with Crippen LogP contribution in [-0.2, 0) is 18.3 Å². The molecular formula is C21H26N4O2. The highest BCUT2D eigenvalue weighted by Gasteiger charge is 2.22. The molecule has 0 spiro atoms. The number of fused-ring (bicyclic) bond motifs is 1. The summed E-state index contributed by atoms with van der Waals surface area (Å²) in [6.07, 6.45) is 2.86. The summed E-state index contributed by atoms with van der Waals surface area (Å²) < 4.78 is 7.20. The Labute approximate surface area is 159 Å². The molecule has 1 amide bonds. The number of ether oxygens (including phenoxy) is 1. The molecule has 1 atom stereocenters. The maximum absolute atomic E-state index is 12.7. The van der Waals surface area contributed by atoms with Crippen LogP contribution in [0.1, 0.15) is 37.7 Å². The number of imidazole rings is 1. The molecule has 2 heterocycles. The minimum atomic E-state index is -0.165. The summed E-state index contributed by atoms with van der Waals surface area (Å²) in [4.78, 5) is 21.8. The Morgan fingerprint density at radius 3 is 2.78 bits per heavy atom. The van der Waals surface area contributed by atoms with Gasteiger partial charge in [-0.3, -0.25) is 4.79 Å². The number of methoxy groups -OCH3 is 1. The van der Waals surface area contributed by atoms with Gasteiger partial charge < -0.3 is 14.6 Å². The van der Waals surface area contributed by atoms with Crippen molar-refractivity contribution in [3.05, 3.63) is 54.0 Å². The summed E-state index contributed by atoms with van der Waals surface area (Å²) in [5.41, 5.74) is 2.58. The molecule has 0 fully saturated rings. The molecule has 3 aromatic rings. The first kappa shape index (κ1) is 18.9. The monoisotopic (exact) mass is 366 g/mol. The first-order chi connectivity index (χ1) is 13.0. The van der Waals surface area contributed by atoms with Gasteiger partial charge in [0.1, 0.15) is 17.1 Å². The Balaban J connectivity index is 1.81. The van der Waals surface area contributed by atoms with Gasteiger partial charge in [0, 0.05) is 13.2 Å². The van der Waals surface area contributed by atoms with E-state index in [0.717, 1.165) is 34.7 Å². The van der Waals surface area contributed by atoms with Crippen molar-refractivity contribution in [2.24, 2.45) is 13.0 Å². The summed E-state index contributed by atoms with van der Waals surface area (Å²) in [7, 11) is 3.57. The molecule has 0 aliphatic heterocycles. The third-order valence-electron chi connectivity index (χ3n) is 4.52. The zero-order valence-corrected chi connectivity index (χ0v) is 16.3. The molecule has 0 saturated carbocycles. The van der Waals surface area contributed by atoms with E-state index in [4.69, 9.17) is 9.72 Å². The van der Waals surface area contributed by atoms with Crippen molar-refractivity contribution in [2.45, 2.75) is 32.7 Å². The number of carbonyl (C=O) groups is 1. The summed E-state index contributed by atoms with van der Waals surface area (Å²) in [5.74, 6) is 1.96. The number of amides is 1. The zero-order chi connectivity index (χ0) is 19.4. The van der Waals surface area contributed by atoms with Crippen molar-refractivity contribution in [2.75, 3.05) is 7.11 Å². The van der Waals surface area contributed by atoms with Crippen molar-refractivity contribution in [1.82, 2.24) is 19.9 Å². The fraction of sp³-hybridized carbons (Fsp3) is 0.381. The van der Waals surface area contributed by atoms with Crippen LogP contribution in [0, 0.1) is 5.92 Å². The molecule has 3 rings (SSSR count). The Bertz CT molecular complexity index is 933. The zero-order valence-electron chi connectivity index (χ0n) is 16.3. The average Bonchev–Trinajstić information content (AvgIpc) is 2.98. The molecular weight excluding hydrogens is 340 g/mol. The fourth-order valence-corrected chi connectivity index (χ4v) is 3.27. The number of nitrogens with zero attached hydrogens (tertiary/aromatic N) is 3. The van der Waals surface area contributed by atoms with E-state index in [0.29, 0.717) is 12.3 Å². The van der Waals surface area contributed by atoms with Gasteiger partial charge in [-0.25, -0.2) is 9.97 Å². The van der Waals surface area contributed by atoms with E-state index >= 15 is 0 Å². The van der Waals surface area contributed by atoms with Crippen LogP contribution < -0.4 is 10.1 Å². The smallest absolute Gasteiger partial charge is 0.225 e. The molecule has 6 nitrogen and oxygen atoms in total. The predicted molar refractivity (Wildman–Crippen MR) is 106 cm³/mol. The second-order valence-corrected chi connectivity index (χ2v) is 7.15. The largest absolute Gasteiger partial charge is 0.497 e. The van der Waals surface area contributed by atoms with Crippen LogP contribution in [-0.4, -0.2) is 27.6 Å². The highest BCUT2D eigenvalue weighted by molar-refractivity contribution is 5.79. The van der Waals surface area contributed by atoms with Gasteiger partial charge in [0.05, 0.1) is 19.6 Å². The third-order valence-corrected chi connectivity index (χ3v) is 4.52. The standard InChI is InChI=1S/C21H26N4O2/c1-14(2)11-18(21-24-17-9-6-10-22-20(17)25(21)3)23-19(26)13-15-7-5-8-16(12-15)27-4/h5-10,12,14,18H,11,13H2,1-4H3,(H,23,26)/t18-/m1/s1. The quantitative estimate of drug-likeness (QED) is 0.696. The predicted octanol–water partition coefficient (Wildman–Crippen LogP) is 3.42. The lowest BCUT2D eigenvalue weighted by atomic mass is 10.0. The second-order valence-electron chi connectivity index (χ2n) is 7.15. The van der Waals surface area contributed by atoms with Crippen LogP contribution in [0.5, 0.6) is 5.75 Å². The van der Waals surface area contributed by atoms with E-state index < -0.39 is 0 Å². The van der Waals surface area contributed by atoms with Crippen molar-refractivity contribution in [1.29, 1.82) is 0 Å². The fourth-order valence-electron chi connectivity index (χ4n) is 3.27. The molecule has 0 bridgehead atoms. The number of nitrogens with one attached hydrogen (secondary N) is 1. The van der Waals surface area contributed by atoms with Crippen molar-refractivity contribution < 1.29 is 9.53 Å². The number of aromatic nitrogens is 3. The summed E-state index contributed by atoms with van der Waals surface area (Å²) in [5, 5.41) is 3.16. The minimum absolute atomic E-state index is 0.0334. The van der Waals surface area contributed by atoms with E-state index in [9.17, 15) is 4.79 Å². The number of aryl methyl sites for hydroxylation is 1. The number of pyridine rings is 1. The van der Waals surface area contributed by atoms with Crippen LogP contribution in [0.2, 0.25) is 0 Å². The first-order valence-electron chi connectivity index (χ1n) is 9.17. The number of rotatable bonds is 7. The van der Waals surface area contributed by atoms with E-state index in [1.807, 2.05) is 48.0 Å². The third kappa shape index (κ3) is 4.45. The van der Waals surface area contributed by atoms with Crippen LogP contribution in [0.25, 0.3) is 11.2 Å². The van der Waals surface area contributed by atoms with Gasteiger partial charge in [0.25, 0.3) is 0 Å². The molecule has 1 aromatic carbocycles. The topological polar surface area (TPSA) is 69.0 Å². The Kier molecular flexibility index (Phi) is 5.74. The number of carbonyl (C=O) groups excluding carboxylic acids is 1. The molecule has 2 aromatic heterocycles. The maximum atomic E-state index is 12.7. The first-order valence-corrected chi connectivity index (χ1v) is 9.17. The second kappa shape index (κ2) is 8.20. The van der Waals surface area contributed by atoms with Gasteiger partial charge in [0.15, 0.2) is 5.65 Å². The minimum Gasteiger partial charge on any atom is -0.497 e. The highest BCUT2D eigenvalue weighted by Crippen LogP contribution is 2.24. The maximum Gasteiger partial charge on any atom is 0.225 e. The summed E-state index contributed by atoms with van der Waals surface area (Å²) >= 11 is 0. The van der Waals surface area contributed by atoms with Gasteiger partial charge in [-0.15, -0.1) is 0 Å². The summed E-state index contributed by atoms with van der Waals surface area (Å²) in [6.45, 7) is 4.28. The lowest BCUT2D eigenvalue weighted by Crippen LogP contribution is -2.32. The number of hydrogen-bond acceptors (Lipinski definition) is 4. The Hall–Kier alpha value is -2.89. The molecule has 142 valence electrons. The van der Waals surface area contributed by atoms with Gasteiger partial charge in [0.2, 0.25) is 5.91 Å². The van der Waals surface area contributed by atoms with Crippen LogP contribution >= 0.6 is 0 Å². The van der Waals surface area contributed by atoms with E-state index in [1.165, 1.54) is 0 Å². The number of hydrogen-bond donors (Lipinski definition) is 1. The Morgan fingerprint density at radius 2 is 2.07 bits per heavy atom. The van der Waals surface area contributed by atoms with Crippen LogP contribution in [0.4, 0.5) is 0 Å². The molecule has 27 heavy (non-hydrogen) atoms. The molecule has 1 N–H and O–H groups in total. The average molecular weight is 366 g/mol. The lowest BCUT2D eigenvalue weighted by Gasteiger charge is -2.20. The summed E-state index contributed by atoms with van der Waals surface area (Å²) in [6, 6.07) is 11.2. The molecule has 0 saturated heterocycles. The molecule has 0 unspecified atom stereocenters. The normalized spacial score (nSPS) is 12.3. The van der Waals surface area contributed by atoms with Gasteiger partial charge in [-0.05, 0) is 42.2 Å². The van der Waals surface area contributed by atoms with E-state index in [1.54, 1.807) is 13.3 Å². The van der Waals surface area contributed by atoms with Crippen LogP contribution in [0.15, 0.2) is 42.6 Å². The van der Waals surface area contributed by atoms with Gasteiger partial charge >= 0.3 is 0 Å². The van der Waals surface area contributed by atoms with Crippen LogP contribution in [0.3, 0.4) is 0 Å². The molecule has 0 aliphatic carbocycles. The van der Waals surface area contributed by atoms with Gasteiger partial charge in [-0.2, -0.15) is 0 Å². The van der Waals surface area contributed by atoms with Gasteiger partial charge in [-0.1, -0.05) is 26.0 Å². The molecule has 0 aliphatic rings. The van der Waals surface area contributed by atoms with Crippen molar-refractivity contribution in [3.8, 4) is 5.75 Å².